The number of nitrogens with one attached hydrogen (secondary N) is 1. The number of carbonyl (C=O) groups excluding carboxylic acids is 1. The van der Waals surface area contributed by atoms with Crippen molar-refractivity contribution in [1.82, 2.24) is 10.2 Å². The van der Waals surface area contributed by atoms with Crippen molar-refractivity contribution in [2.24, 2.45) is 0 Å². The van der Waals surface area contributed by atoms with E-state index in [9.17, 15) is 4.79 Å². The summed E-state index contributed by atoms with van der Waals surface area (Å²) in [5, 5.41) is 5.06. The van der Waals surface area contributed by atoms with Gasteiger partial charge in [-0.3, -0.25) is 9.69 Å². The van der Waals surface area contributed by atoms with Gasteiger partial charge < -0.3 is 10.1 Å². The average Bonchev–Trinajstić information content (AvgIpc) is 3.07. The molecule has 1 aromatic heterocycles. The van der Waals surface area contributed by atoms with Crippen molar-refractivity contribution in [3.05, 3.63) is 52.2 Å². The van der Waals surface area contributed by atoms with E-state index in [4.69, 9.17) is 4.74 Å². The van der Waals surface area contributed by atoms with Crippen molar-refractivity contribution >= 4 is 17.2 Å². The summed E-state index contributed by atoms with van der Waals surface area (Å²) < 4.78 is 5.75. The van der Waals surface area contributed by atoms with Gasteiger partial charge in [-0.15, -0.1) is 11.3 Å². The van der Waals surface area contributed by atoms with Gasteiger partial charge in [-0.25, -0.2) is 0 Å². The fourth-order valence-electron chi connectivity index (χ4n) is 2.32. The first-order valence-electron chi connectivity index (χ1n) is 8.26. The van der Waals surface area contributed by atoms with Crippen molar-refractivity contribution in [3.8, 4) is 5.75 Å². The van der Waals surface area contributed by atoms with E-state index in [2.05, 4.69) is 16.8 Å². The molecular formula is C19H26N2O2S. The van der Waals surface area contributed by atoms with E-state index >= 15 is 0 Å². The Labute approximate surface area is 148 Å². The largest absolute Gasteiger partial charge is 0.492 e. The molecule has 24 heavy (non-hydrogen) atoms. The van der Waals surface area contributed by atoms with E-state index < -0.39 is 0 Å². The number of aryl methyl sites for hydroxylation is 1. The molecule has 1 heterocycles. The maximum atomic E-state index is 12.2. The summed E-state index contributed by atoms with van der Waals surface area (Å²) in [6.45, 7) is 5.91. The number of hydrogen-bond donors (Lipinski definition) is 1. The molecule has 4 nitrogen and oxygen atoms in total. The zero-order chi connectivity index (χ0) is 17.4. The highest BCUT2D eigenvalue weighted by molar-refractivity contribution is 7.09. The molecule has 0 saturated heterocycles. The quantitative estimate of drug-likeness (QED) is 0.758. The van der Waals surface area contributed by atoms with Gasteiger partial charge >= 0.3 is 0 Å². The van der Waals surface area contributed by atoms with Gasteiger partial charge in [0.25, 0.3) is 0 Å². The zero-order valence-corrected chi connectivity index (χ0v) is 15.4. The van der Waals surface area contributed by atoms with E-state index in [-0.39, 0.29) is 11.9 Å². The molecule has 1 aromatic carbocycles. The van der Waals surface area contributed by atoms with Crippen molar-refractivity contribution in [2.45, 2.75) is 26.3 Å². The van der Waals surface area contributed by atoms with Gasteiger partial charge in [-0.05, 0) is 56.5 Å². The van der Waals surface area contributed by atoms with Crippen LogP contribution in [-0.2, 0) is 11.2 Å². The number of carbonyl (C=O) groups is 1. The lowest BCUT2D eigenvalue weighted by Crippen LogP contribution is -2.45. The number of rotatable bonds is 9. The third kappa shape index (κ3) is 5.98. The highest BCUT2D eigenvalue weighted by Gasteiger charge is 2.17. The van der Waals surface area contributed by atoms with E-state index in [0.29, 0.717) is 19.7 Å². The maximum Gasteiger partial charge on any atom is 0.237 e. The van der Waals surface area contributed by atoms with Crippen LogP contribution in [-0.4, -0.2) is 43.6 Å². The van der Waals surface area contributed by atoms with Crippen LogP contribution in [0.3, 0.4) is 0 Å². The zero-order valence-electron chi connectivity index (χ0n) is 14.6. The Bertz CT molecular complexity index is 628. The molecule has 0 aliphatic rings. The van der Waals surface area contributed by atoms with E-state index in [1.807, 2.05) is 56.1 Å². The van der Waals surface area contributed by atoms with Crippen LogP contribution in [0.4, 0.5) is 0 Å². The summed E-state index contributed by atoms with van der Waals surface area (Å²) in [6.07, 6.45) is 0.885. The molecule has 0 aliphatic carbocycles. The van der Waals surface area contributed by atoms with E-state index in [1.165, 1.54) is 10.4 Å². The predicted octanol–water partition coefficient (Wildman–Crippen LogP) is 3.11. The Balaban J connectivity index is 1.66. The highest BCUT2D eigenvalue weighted by Crippen LogP contribution is 2.12. The third-order valence-electron chi connectivity index (χ3n) is 3.99. The van der Waals surface area contributed by atoms with Gasteiger partial charge in [0, 0.05) is 18.0 Å². The van der Waals surface area contributed by atoms with Crippen LogP contribution in [0.2, 0.25) is 0 Å². The van der Waals surface area contributed by atoms with Gasteiger partial charge in [0.15, 0.2) is 0 Å². The predicted molar refractivity (Wildman–Crippen MR) is 99.8 cm³/mol. The monoisotopic (exact) mass is 346 g/mol. The summed E-state index contributed by atoms with van der Waals surface area (Å²) in [5.41, 5.74) is 1.18. The third-order valence-corrected chi connectivity index (χ3v) is 4.93. The Morgan fingerprint density at radius 3 is 2.88 bits per heavy atom. The summed E-state index contributed by atoms with van der Waals surface area (Å²) in [6, 6.07) is 11.9. The molecule has 1 unspecified atom stereocenters. The number of nitrogens with zero attached hydrogens (tertiary/aromatic N) is 1. The lowest BCUT2D eigenvalue weighted by Gasteiger charge is -2.23. The van der Waals surface area contributed by atoms with E-state index in [0.717, 1.165) is 12.2 Å². The molecule has 0 aliphatic heterocycles. The lowest BCUT2D eigenvalue weighted by atomic mass is 10.2. The first-order valence-corrected chi connectivity index (χ1v) is 9.14. The van der Waals surface area contributed by atoms with Crippen LogP contribution < -0.4 is 10.1 Å². The number of hydrogen-bond acceptors (Lipinski definition) is 4. The fraction of sp³-hybridized carbons (Fsp3) is 0.421. The molecule has 0 radical (unpaired) electrons. The fourth-order valence-corrected chi connectivity index (χ4v) is 3.03. The van der Waals surface area contributed by atoms with Crippen molar-refractivity contribution < 1.29 is 9.53 Å². The second-order valence-electron chi connectivity index (χ2n) is 5.94. The smallest absolute Gasteiger partial charge is 0.237 e. The van der Waals surface area contributed by atoms with Crippen LogP contribution >= 0.6 is 11.3 Å². The van der Waals surface area contributed by atoms with Crippen LogP contribution in [0.15, 0.2) is 41.8 Å². The standard InChI is InChI=1S/C19H26N2O2S/c1-15-6-4-7-17(14-15)23-12-11-21(3)16(2)19(22)20-10-9-18-8-5-13-24-18/h4-8,13-14,16H,9-12H2,1-3H3,(H,20,22). The topological polar surface area (TPSA) is 41.6 Å². The van der Waals surface area contributed by atoms with E-state index in [1.54, 1.807) is 11.3 Å². The molecule has 0 fully saturated rings. The summed E-state index contributed by atoms with van der Waals surface area (Å²) >= 11 is 1.72. The number of ether oxygens (including phenoxy) is 1. The van der Waals surface area contributed by atoms with Crippen LogP contribution in [0, 0.1) is 6.92 Å². The Kier molecular flexibility index (Phi) is 7.28. The van der Waals surface area contributed by atoms with Crippen molar-refractivity contribution in [1.29, 1.82) is 0 Å². The lowest BCUT2D eigenvalue weighted by molar-refractivity contribution is -0.125. The van der Waals surface area contributed by atoms with Gasteiger partial charge in [0.2, 0.25) is 5.91 Å². The molecule has 2 rings (SSSR count). The van der Waals surface area contributed by atoms with Gasteiger partial charge in [-0.2, -0.15) is 0 Å². The minimum atomic E-state index is -0.172. The van der Waals surface area contributed by atoms with Gasteiger partial charge in [-0.1, -0.05) is 18.2 Å². The number of likely N-dealkylation sites (N-methyl/N-ethyl adjacent to an activating group) is 1. The molecule has 2 aromatic rings. The normalized spacial score (nSPS) is 12.2. The molecule has 0 saturated carbocycles. The molecule has 130 valence electrons. The Hall–Kier alpha value is -1.85. The Morgan fingerprint density at radius 1 is 1.33 bits per heavy atom. The van der Waals surface area contributed by atoms with Crippen LogP contribution in [0.1, 0.15) is 17.4 Å². The first-order chi connectivity index (χ1) is 11.6. The number of benzene rings is 1. The summed E-state index contributed by atoms with van der Waals surface area (Å²) in [4.78, 5) is 15.5. The van der Waals surface area contributed by atoms with Crippen molar-refractivity contribution in [2.75, 3.05) is 26.7 Å². The number of amides is 1. The molecular weight excluding hydrogens is 320 g/mol. The number of thiophene rings is 1. The van der Waals surface area contributed by atoms with Crippen LogP contribution in [0.25, 0.3) is 0 Å². The maximum absolute atomic E-state index is 12.2. The second-order valence-corrected chi connectivity index (χ2v) is 6.97. The molecule has 0 bridgehead atoms. The molecule has 1 amide bonds. The minimum absolute atomic E-state index is 0.0598. The molecule has 5 heteroatoms. The molecule has 0 spiro atoms. The van der Waals surface area contributed by atoms with Crippen molar-refractivity contribution in [3.63, 3.8) is 0 Å². The average molecular weight is 346 g/mol. The molecule has 1 atom stereocenters. The summed E-state index contributed by atoms with van der Waals surface area (Å²) in [5.74, 6) is 0.932. The van der Waals surface area contributed by atoms with Gasteiger partial charge in [0.1, 0.15) is 12.4 Å². The van der Waals surface area contributed by atoms with Gasteiger partial charge in [0.05, 0.1) is 6.04 Å². The summed E-state index contributed by atoms with van der Waals surface area (Å²) in [7, 11) is 1.95. The second kappa shape index (κ2) is 9.45. The molecule has 1 N–H and O–H groups in total. The Morgan fingerprint density at radius 2 is 2.17 bits per heavy atom. The van der Waals surface area contributed by atoms with Crippen LogP contribution in [0.5, 0.6) is 5.75 Å². The minimum Gasteiger partial charge on any atom is -0.492 e. The first kappa shape index (κ1) is 18.5. The highest BCUT2D eigenvalue weighted by atomic mass is 32.1. The SMILES string of the molecule is Cc1cccc(OCCN(C)C(C)C(=O)NCCc2cccs2)c1.